The number of carboxylic acids is 1. The van der Waals surface area contributed by atoms with Crippen LogP contribution in [0.1, 0.15) is 64.7 Å². The Morgan fingerprint density at radius 1 is 1.16 bits per heavy atom. The van der Waals surface area contributed by atoms with Gasteiger partial charge in [0.2, 0.25) is 0 Å². The molecule has 25 heavy (non-hydrogen) atoms. The lowest BCUT2D eigenvalue weighted by Crippen LogP contribution is -2.20. The predicted molar refractivity (Wildman–Crippen MR) is 98.1 cm³/mol. The van der Waals surface area contributed by atoms with Gasteiger partial charge in [0.25, 0.3) is 0 Å². The molecule has 0 bridgehead atoms. The number of unbranched alkanes of at least 4 members (excludes halogenated alkanes) is 3. The highest BCUT2D eigenvalue weighted by Gasteiger charge is 2.39. The normalized spacial score (nSPS) is 28.2. The van der Waals surface area contributed by atoms with Gasteiger partial charge in [-0.1, -0.05) is 44.1 Å². The molecule has 0 saturated heterocycles. The largest absolute Gasteiger partial charge is 0.481 e. The molecule has 0 spiro atoms. The molecule has 5 heteroatoms. The summed E-state index contributed by atoms with van der Waals surface area (Å²) in [5, 5.41) is 38.9. The van der Waals surface area contributed by atoms with Crippen molar-refractivity contribution >= 4 is 5.97 Å². The van der Waals surface area contributed by atoms with Crippen LogP contribution in [0.15, 0.2) is 24.3 Å². The Bertz CT molecular complexity index is 432. The number of carbonyl (C=O) groups is 1. The Hall–Kier alpha value is -1.17. The second-order valence-electron chi connectivity index (χ2n) is 7.05. The topological polar surface area (TPSA) is 98.0 Å². The van der Waals surface area contributed by atoms with E-state index in [9.17, 15) is 20.1 Å². The van der Waals surface area contributed by atoms with Crippen molar-refractivity contribution in [2.75, 3.05) is 0 Å². The lowest BCUT2D eigenvalue weighted by molar-refractivity contribution is -0.137. The van der Waals surface area contributed by atoms with E-state index in [4.69, 9.17) is 5.11 Å². The van der Waals surface area contributed by atoms with Gasteiger partial charge in [0.1, 0.15) is 0 Å². The van der Waals surface area contributed by atoms with Gasteiger partial charge in [-0.25, -0.2) is 0 Å². The second kappa shape index (κ2) is 12.2. The van der Waals surface area contributed by atoms with E-state index in [0.717, 1.165) is 25.7 Å². The maximum absolute atomic E-state index is 10.5. The highest BCUT2D eigenvalue weighted by atomic mass is 16.4. The van der Waals surface area contributed by atoms with Crippen LogP contribution in [0.3, 0.4) is 0 Å². The first-order chi connectivity index (χ1) is 12.0. The molecule has 5 atom stereocenters. The number of aliphatic carboxylic acids is 1. The first kappa shape index (κ1) is 21.9. The first-order valence-electron chi connectivity index (χ1n) is 9.55. The Labute approximate surface area is 151 Å². The van der Waals surface area contributed by atoms with Gasteiger partial charge in [0.05, 0.1) is 18.3 Å². The number of aliphatic hydroxyl groups excluding tert-OH is 3. The van der Waals surface area contributed by atoms with Crippen LogP contribution < -0.4 is 0 Å². The summed E-state index contributed by atoms with van der Waals surface area (Å²) in [6, 6.07) is 0. The van der Waals surface area contributed by atoms with Crippen molar-refractivity contribution in [1.29, 1.82) is 0 Å². The van der Waals surface area contributed by atoms with Crippen LogP contribution in [0, 0.1) is 11.8 Å². The molecule has 1 fully saturated rings. The van der Waals surface area contributed by atoms with Crippen molar-refractivity contribution in [2.45, 2.75) is 83.0 Å². The molecule has 1 aliphatic carbocycles. The molecular weight excluding hydrogens is 320 g/mol. The SMILES string of the molecule is CCCC/C=C/C[C@@H]1C(/C=C/[C@H](O)CCCCC(=O)O)[C@H](O)C[C@@H]1O. The van der Waals surface area contributed by atoms with Crippen LogP contribution in [0.25, 0.3) is 0 Å². The molecular formula is C20H34O5. The van der Waals surface area contributed by atoms with Gasteiger partial charge in [-0.05, 0) is 38.0 Å². The quantitative estimate of drug-likeness (QED) is 0.319. The molecule has 1 unspecified atom stereocenters. The minimum absolute atomic E-state index is 0.0247. The molecule has 1 saturated carbocycles. The number of allylic oxidation sites excluding steroid dienone is 2. The molecule has 5 nitrogen and oxygen atoms in total. The summed E-state index contributed by atoms with van der Waals surface area (Å²) in [5.74, 6) is -0.995. The maximum atomic E-state index is 10.5. The van der Waals surface area contributed by atoms with E-state index >= 15 is 0 Å². The summed E-state index contributed by atoms with van der Waals surface area (Å²) in [6.07, 6.45) is 12.3. The van der Waals surface area contributed by atoms with E-state index in [1.165, 1.54) is 0 Å². The Kier molecular flexibility index (Phi) is 10.7. The lowest BCUT2D eigenvalue weighted by atomic mass is 9.89. The molecule has 0 heterocycles. The predicted octanol–water partition coefficient (Wildman–Crippen LogP) is 3.04. The van der Waals surface area contributed by atoms with Gasteiger partial charge in [-0.3, -0.25) is 4.79 Å². The van der Waals surface area contributed by atoms with Crippen molar-refractivity contribution in [1.82, 2.24) is 0 Å². The molecule has 0 aromatic heterocycles. The zero-order chi connectivity index (χ0) is 18.7. The van der Waals surface area contributed by atoms with E-state index in [0.29, 0.717) is 25.7 Å². The van der Waals surface area contributed by atoms with Crippen LogP contribution in [-0.2, 0) is 4.79 Å². The van der Waals surface area contributed by atoms with Gasteiger partial charge >= 0.3 is 5.97 Å². The van der Waals surface area contributed by atoms with Crippen molar-refractivity contribution in [3.05, 3.63) is 24.3 Å². The molecule has 0 aromatic carbocycles. The monoisotopic (exact) mass is 354 g/mol. The molecule has 1 rings (SSSR count). The molecule has 4 N–H and O–H groups in total. The second-order valence-corrected chi connectivity index (χ2v) is 7.05. The fourth-order valence-corrected chi connectivity index (χ4v) is 3.38. The van der Waals surface area contributed by atoms with Crippen LogP contribution in [0.4, 0.5) is 0 Å². The molecule has 0 radical (unpaired) electrons. The third-order valence-electron chi connectivity index (χ3n) is 4.91. The lowest BCUT2D eigenvalue weighted by Gasteiger charge is -2.19. The highest BCUT2D eigenvalue weighted by molar-refractivity contribution is 5.66. The average Bonchev–Trinajstić information content (AvgIpc) is 2.82. The standard InChI is InChI=1S/C20H34O5/c1-2-3-4-5-6-10-16-17(19(23)14-18(16)22)13-12-15(21)9-7-8-11-20(24)25/h5-6,12-13,15-19,21-23H,2-4,7-11,14H2,1H3,(H,24,25)/b6-5+,13-12+/t15-,16-,17?,18+,19-/m1/s1. The van der Waals surface area contributed by atoms with E-state index in [1.54, 1.807) is 6.08 Å². The van der Waals surface area contributed by atoms with E-state index in [-0.39, 0.29) is 18.3 Å². The fraction of sp³-hybridized carbons (Fsp3) is 0.750. The molecule has 144 valence electrons. The van der Waals surface area contributed by atoms with Crippen LogP contribution in [0.2, 0.25) is 0 Å². The molecule has 1 aliphatic rings. The van der Waals surface area contributed by atoms with Crippen LogP contribution in [-0.4, -0.2) is 44.7 Å². The summed E-state index contributed by atoms with van der Waals surface area (Å²) in [4.78, 5) is 10.5. The van der Waals surface area contributed by atoms with Crippen molar-refractivity contribution in [2.24, 2.45) is 11.8 Å². The average molecular weight is 354 g/mol. The van der Waals surface area contributed by atoms with Gasteiger partial charge in [-0.2, -0.15) is 0 Å². The molecule has 0 aromatic rings. The minimum Gasteiger partial charge on any atom is -0.481 e. The zero-order valence-corrected chi connectivity index (χ0v) is 15.3. The summed E-state index contributed by atoms with van der Waals surface area (Å²) < 4.78 is 0. The Morgan fingerprint density at radius 3 is 2.60 bits per heavy atom. The third-order valence-corrected chi connectivity index (χ3v) is 4.91. The number of hydrogen-bond acceptors (Lipinski definition) is 4. The summed E-state index contributed by atoms with van der Waals surface area (Å²) in [6.45, 7) is 2.15. The highest BCUT2D eigenvalue weighted by Crippen LogP contribution is 2.36. The zero-order valence-electron chi connectivity index (χ0n) is 15.3. The van der Waals surface area contributed by atoms with Crippen LogP contribution >= 0.6 is 0 Å². The maximum Gasteiger partial charge on any atom is 0.303 e. The number of aliphatic hydroxyl groups is 3. The summed E-state index contributed by atoms with van der Waals surface area (Å²) >= 11 is 0. The number of carboxylic acid groups (broad SMARTS) is 1. The molecule has 0 amide bonds. The summed E-state index contributed by atoms with van der Waals surface area (Å²) in [7, 11) is 0. The third kappa shape index (κ3) is 8.66. The van der Waals surface area contributed by atoms with E-state index < -0.39 is 24.3 Å². The van der Waals surface area contributed by atoms with Crippen LogP contribution in [0.5, 0.6) is 0 Å². The van der Waals surface area contributed by atoms with Gasteiger partial charge < -0.3 is 20.4 Å². The van der Waals surface area contributed by atoms with Gasteiger partial charge in [0.15, 0.2) is 0 Å². The number of hydrogen-bond donors (Lipinski definition) is 4. The summed E-state index contributed by atoms with van der Waals surface area (Å²) in [5.41, 5.74) is 0. The van der Waals surface area contributed by atoms with Crippen molar-refractivity contribution in [3.8, 4) is 0 Å². The fourth-order valence-electron chi connectivity index (χ4n) is 3.38. The smallest absolute Gasteiger partial charge is 0.303 e. The Balaban J connectivity index is 2.45. The number of rotatable bonds is 12. The van der Waals surface area contributed by atoms with E-state index in [1.807, 2.05) is 6.08 Å². The van der Waals surface area contributed by atoms with Gasteiger partial charge in [0, 0.05) is 18.8 Å². The van der Waals surface area contributed by atoms with Gasteiger partial charge in [-0.15, -0.1) is 0 Å². The van der Waals surface area contributed by atoms with E-state index in [2.05, 4.69) is 19.1 Å². The van der Waals surface area contributed by atoms with Crippen molar-refractivity contribution < 1.29 is 25.2 Å². The molecule has 0 aliphatic heterocycles. The minimum atomic E-state index is -0.817. The Morgan fingerprint density at radius 2 is 1.92 bits per heavy atom. The van der Waals surface area contributed by atoms with Crippen molar-refractivity contribution in [3.63, 3.8) is 0 Å². The first-order valence-corrected chi connectivity index (χ1v) is 9.55.